The van der Waals surface area contributed by atoms with Crippen molar-refractivity contribution in [2.45, 2.75) is 13.1 Å². The summed E-state index contributed by atoms with van der Waals surface area (Å²) in [5.41, 5.74) is 2.44. The monoisotopic (exact) mass is 252 g/mol. The highest BCUT2D eigenvalue weighted by Crippen LogP contribution is 2.20. The van der Waals surface area contributed by atoms with E-state index < -0.39 is 0 Å². The van der Waals surface area contributed by atoms with Gasteiger partial charge in [0.25, 0.3) is 0 Å². The van der Waals surface area contributed by atoms with Gasteiger partial charge in [0.2, 0.25) is 0 Å². The molecule has 0 radical (unpaired) electrons. The average Bonchev–Trinajstić information content (AvgIpc) is 2.35. The highest BCUT2D eigenvalue weighted by atomic mass is 16.5. The number of hydrogen-bond donors (Lipinski definition) is 1. The third-order valence-corrected chi connectivity index (χ3v) is 2.65. The van der Waals surface area contributed by atoms with Gasteiger partial charge in [-0.2, -0.15) is 0 Å². The molecule has 0 saturated carbocycles. The smallest absolute Gasteiger partial charge is 0.123 e. The van der Waals surface area contributed by atoms with E-state index in [1.165, 1.54) is 11.1 Å². The van der Waals surface area contributed by atoms with Gasteiger partial charge in [-0.15, -0.1) is 0 Å². The standard InChI is InChI=1S/C14H24N2O2/c1-16(2)11-12-5-6-13(14(9-12)18-4)10-15-7-8-17-3/h5-6,9,15H,7-8,10-11H2,1-4H3. The predicted octanol–water partition coefficient (Wildman–Crippen LogP) is 1.49. The number of nitrogens with one attached hydrogen (secondary N) is 1. The number of nitrogens with zero attached hydrogens (tertiary/aromatic N) is 1. The Morgan fingerprint density at radius 1 is 1.22 bits per heavy atom. The summed E-state index contributed by atoms with van der Waals surface area (Å²) in [5.74, 6) is 0.944. The molecule has 0 aliphatic carbocycles. The van der Waals surface area contributed by atoms with Crippen LogP contribution in [-0.2, 0) is 17.8 Å². The second-order valence-electron chi connectivity index (χ2n) is 4.55. The topological polar surface area (TPSA) is 33.7 Å². The van der Waals surface area contributed by atoms with E-state index in [0.717, 1.165) is 32.0 Å². The number of hydrogen-bond acceptors (Lipinski definition) is 4. The number of methoxy groups -OCH3 is 2. The van der Waals surface area contributed by atoms with Gasteiger partial charge in [-0.3, -0.25) is 0 Å². The number of ether oxygens (including phenoxy) is 2. The van der Waals surface area contributed by atoms with Crippen molar-refractivity contribution >= 4 is 0 Å². The fourth-order valence-corrected chi connectivity index (χ4v) is 1.80. The van der Waals surface area contributed by atoms with Crippen molar-refractivity contribution in [1.82, 2.24) is 10.2 Å². The van der Waals surface area contributed by atoms with Gasteiger partial charge in [-0.05, 0) is 25.7 Å². The molecule has 18 heavy (non-hydrogen) atoms. The largest absolute Gasteiger partial charge is 0.496 e. The maximum absolute atomic E-state index is 5.43. The van der Waals surface area contributed by atoms with E-state index >= 15 is 0 Å². The zero-order chi connectivity index (χ0) is 13.4. The lowest BCUT2D eigenvalue weighted by Crippen LogP contribution is -2.19. The molecular weight excluding hydrogens is 228 g/mol. The van der Waals surface area contributed by atoms with Crippen LogP contribution in [0, 0.1) is 0 Å². The minimum absolute atomic E-state index is 0.723. The third kappa shape index (κ3) is 5.04. The summed E-state index contributed by atoms with van der Waals surface area (Å²) in [6, 6.07) is 6.38. The van der Waals surface area contributed by atoms with Gasteiger partial charge >= 0.3 is 0 Å². The second-order valence-corrected chi connectivity index (χ2v) is 4.55. The molecule has 4 heteroatoms. The van der Waals surface area contributed by atoms with Crippen LogP contribution < -0.4 is 10.1 Å². The minimum Gasteiger partial charge on any atom is -0.496 e. The van der Waals surface area contributed by atoms with Crippen molar-refractivity contribution in [3.8, 4) is 5.75 Å². The van der Waals surface area contributed by atoms with Crippen LogP contribution >= 0.6 is 0 Å². The molecule has 1 N–H and O–H groups in total. The molecule has 0 atom stereocenters. The van der Waals surface area contributed by atoms with E-state index in [2.05, 4.69) is 42.5 Å². The van der Waals surface area contributed by atoms with Gasteiger partial charge in [0, 0.05) is 32.3 Å². The summed E-state index contributed by atoms with van der Waals surface area (Å²) >= 11 is 0. The maximum atomic E-state index is 5.43. The van der Waals surface area contributed by atoms with Gasteiger partial charge in [0.05, 0.1) is 13.7 Å². The quantitative estimate of drug-likeness (QED) is 0.711. The molecule has 0 bridgehead atoms. The molecule has 0 fully saturated rings. The SMILES string of the molecule is COCCNCc1ccc(CN(C)C)cc1OC. The lowest BCUT2D eigenvalue weighted by atomic mass is 10.1. The number of benzene rings is 1. The van der Waals surface area contributed by atoms with Crippen molar-refractivity contribution in [2.24, 2.45) is 0 Å². The third-order valence-electron chi connectivity index (χ3n) is 2.65. The summed E-state index contributed by atoms with van der Waals surface area (Å²) in [6.07, 6.45) is 0. The summed E-state index contributed by atoms with van der Waals surface area (Å²) in [6.45, 7) is 3.29. The molecule has 1 aromatic rings. The van der Waals surface area contributed by atoms with E-state index in [0.29, 0.717) is 0 Å². The summed E-state index contributed by atoms with van der Waals surface area (Å²) in [5, 5.41) is 3.32. The van der Waals surface area contributed by atoms with Crippen LogP contribution in [0.25, 0.3) is 0 Å². The molecule has 102 valence electrons. The first-order valence-corrected chi connectivity index (χ1v) is 6.17. The van der Waals surface area contributed by atoms with Gasteiger partial charge in [-0.25, -0.2) is 0 Å². The Morgan fingerprint density at radius 3 is 2.61 bits per heavy atom. The predicted molar refractivity (Wildman–Crippen MR) is 74.0 cm³/mol. The molecule has 0 aliphatic heterocycles. The molecule has 0 aromatic heterocycles. The molecule has 0 aliphatic rings. The average molecular weight is 252 g/mol. The highest BCUT2D eigenvalue weighted by molar-refractivity contribution is 5.37. The van der Waals surface area contributed by atoms with Crippen LogP contribution in [0.2, 0.25) is 0 Å². The zero-order valence-corrected chi connectivity index (χ0v) is 11.8. The van der Waals surface area contributed by atoms with Crippen molar-refractivity contribution in [3.05, 3.63) is 29.3 Å². The van der Waals surface area contributed by atoms with Crippen LogP contribution in [0.5, 0.6) is 5.75 Å². The van der Waals surface area contributed by atoms with Crippen LogP contribution in [-0.4, -0.2) is 46.4 Å². The molecule has 4 nitrogen and oxygen atoms in total. The zero-order valence-electron chi connectivity index (χ0n) is 11.8. The van der Waals surface area contributed by atoms with E-state index in [-0.39, 0.29) is 0 Å². The first-order chi connectivity index (χ1) is 8.67. The molecule has 1 aromatic carbocycles. The normalized spacial score (nSPS) is 10.9. The van der Waals surface area contributed by atoms with Crippen LogP contribution in [0.4, 0.5) is 0 Å². The molecule has 1 rings (SSSR count). The molecule has 0 unspecified atom stereocenters. The first-order valence-electron chi connectivity index (χ1n) is 6.17. The Balaban J connectivity index is 2.62. The van der Waals surface area contributed by atoms with Gasteiger partial charge in [0.15, 0.2) is 0 Å². The fourth-order valence-electron chi connectivity index (χ4n) is 1.80. The Labute approximate surface area is 110 Å². The summed E-state index contributed by atoms with van der Waals surface area (Å²) in [7, 11) is 7.55. The van der Waals surface area contributed by atoms with Crippen LogP contribution in [0.1, 0.15) is 11.1 Å². The number of rotatable bonds is 8. The molecule has 0 amide bonds. The molecular formula is C14H24N2O2. The fraction of sp³-hybridized carbons (Fsp3) is 0.571. The van der Waals surface area contributed by atoms with Crippen molar-refractivity contribution < 1.29 is 9.47 Å². The maximum Gasteiger partial charge on any atom is 0.123 e. The van der Waals surface area contributed by atoms with Crippen molar-refractivity contribution in [1.29, 1.82) is 0 Å². The van der Waals surface area contributed by atoms with Gasteiger partial charge in [0.1, 0.15) is 5.75 Å². The van der Waals surface area contributed by atoms with Crippen molar-refractivity contribution in [2.75, 3.05) is 41.5 Å². The lowest BCUT2D eigenvalue weighted by Gasteiger charge is -2.14. The second kappa shape index (κ2) is 8.08. The Kier molecular flexibility index (Phi) is 6.72. The summed E-state index contributed by atoms with van der Waals surface area (Å²) in [4.78, 5) is 2.14. The Hall–Kier alpha value is -1.10. The van der Waals surface area contributed by atoms with E-state index in [1.807, 2.05) is 0 Å². The first kappa shape index (κ1) is 15.0. The van der Waals surface area contributed by atoms with E-state index in [1.54, 1.807) is 14.2 Å². The van der Waals surface area contributed by atoms with Gasteiger partial charge in [-0.1, -0.05) is 12.1 Å². The van der Waals surface area contributed by atoms with Gasteiger partial charge < -0.3 is 19.7 Å². The Bertz CT molecular complexity index is 354. The van der Waals surface area contributed by atoms with Crippen LogP contribution in [0.15, 0.2) is 18.2 Å². The summed E-state index contributed by atoms with van der Waals surface area (Å²) < 4.78 is 10.4. The van der Waals surface area contributed by atoms with Crippen LogP contribution in [0.3, 0.4) is 0 Å². The van der Waals surface area contributed by atoms with E-state index in [4.69, 9.17) is 9.47 Å². The van der Waals surface area contributed by atoms with Crippen molar-refractivity contribution in [3.63, 3.8) is 0 Å². The Morgan fingerprint density at radius 2 is 2.00 bits per heavy atom. The molecule has 0 heterocycles. The lowest BCUT2D eigenvalue weighted by molar-refractivity contribution is 0.199. The molecule has 0 saturated heterocycles. The van der Waals surface area contributed by atoms with E-state index in [9.17, 15) is 0 Å². The molecule has 0 spiro atoms. The highest BCUT2D eigenvalue weighted by Gasteiger charge is 2.05. The minimum atomic E-state index is 0.723.